The summed E-state index contributed by atoms with van der Waals surface area (Å²) in [7, 11) is 0. The lowest BCUT2D eigenvalue weighted by Crippen LogP contribution is -2.40. The first kappa shape index (κ1) is 14.2. The predicted molar refractivity (Wildman–Crippen MR) is 75.2 cm³/mol. The molecule has 0 amide bonds. The van der Waals surface area contributed by atoms with Gasteiger partial charge in [-0.1, -0.05) is 0 Å². The number of piperidine rings is 1. The summed E-state index contributed by atoms with van der Waals surface area (Å²) in [4.78, 5) is 16.5. The average molecular weight is 330 g/mol. The van der Waals surface area contributed by atoms with Crippen LogP contribution >= 0.6 is 15.9 Å². The summed E-state index contributed by atoms with van der Waals surface area (Å²) in [5.74, 6) is 0.925. The van der Waals surface area contributed by atoms with Crippen LogP contribution in [0.15, 0.2) is 16.7 Å². The van der Waals surface area contributed by atoms with Gasteiger partial charge in [-0.3, -0.25) is 10.1 Å². The molecule has 0 bridgehead atoms. The summed E-state index contributed by atoms with van der Waals surface area (Å²) in [6.07, 6.45) is 2.91. The smallest absolute Gasteiger partial charge is 0.288 e. The first-order chi connectivity index (χ1) is 8.99. The van der Waals surface area contributed by atoms with Gasteiger partial charge < -0.3 is 10.0 Å². The summed E-state index contributed by atoms with van der Waals surface area (Å²) in [5.41, 5.74) is -0.0280. The van der Waals surface area contributed by atoms with E-state index in [2.05, 4.69) is 25.8 Å². The van der Waals surface area contributed by atoms with E-state index in [1.54, 1.807) is 6.92 Å². The monoisotopic (exact) mass is 329 g/mol. The maximum atomic E-state index is 10.7. The second kappa shape index (κ2) is 5.83. The molecule has 0 aliphatic carbocycles. The molecule has 1 aromatic rings. The summed E-state index contributed by atoms with van der Waals surface area (Å²) in [5, 5.41) is 20.4. The van der Waals surface area contributed by atoms with Crippen molar-refractivity contribution in [3.63, 3.8) is 0 Å². The summed E-state index contributed by atoms with van der Waals surface area (Å²) in [6, 6.07) is 1.47. The molecule has 1 saturated heterocycles. The lowest BCUT2D eigenvalue weighted by atomic mass is 9.93. The highest BCUT2D eigenvalue weighted by atomic mass is 79.9. The molecule has 1 fully saturated rings. The minimum atomic E-state index is -0.462. The summed E-state index contributed by atoms with van der Waals surface area (Å²) >= 11 is 3.34. The zero-order valence-electron chi connectivity index (χ0n) is 10.6. The van der Waals surface area contributed by atoms with Crippen LogP contribution < -0.4 is 4.90 Å². The van der Waals surface area contributed by atoms with Crippen LogP contribution in [0.4, 0.5) is 11.5 Å². The van der Waals surface area contributed by atoms with Crippen LogP contribution in [-0.4, -0.2) is 34.2 Å². The van der Waals surface area contributed by atoms with Crippen molar-refractivity contribution < 1.29 is 10.0 Å². The van der Waals surface area contributed by atoms with Gasteiger partial charge in [0.25, 0.3) is 5.69 Å². The van der Waals surface area contributed by atoms with Gasteiger partial charge in [0.15, 0.2) is 0 Å². The second-order valence-corrected chi connectivity index (χ2v) is 5.70. The van der Waals surface area contributed by atoms with Gasteiger partial charge in [-0.25, -0.2) is 4.98 Å². The maximum absolute atomic E-state index is 10.7. The molecular formula is C12H16BrN3O3. The molecule has 1 aliphatic rings. The van der Waals surface area contributed by atoms with E-state index in [1.807, 2.05) is 0 Å². The molecule has 104 valence electrons. The molecule has 2 rings (SSSR count). The predicted octanol–water partition coefficient (Wildman–Crippen LogP) is 2.35. The summed E-state index contributed by atoms with van der Waals surface area (Å²) in [6.45, 7) is 3.38. The fourth-order valence-corrected chi connectivity index (χ4v) is 2.94. The molecule has 1 N–H and O–H groups in total. The number of hydrogen-bond donors (Lipinski definition) is 1. The highest BCUT2D eigenvalue weighted by Crippen LogP contribution is 2.31. The van der Waals surface area contributed by atoms with Crippen LogP contribution in [0.5, 0.6) is 0 Å². The van der Waals surface area contributed by atoms with E-state index in [9.17, 15) is 15.2 Å². The van der Waals surface area contributed by atoms with E-state index < -0.39 is 4.92 Å². The number of pyridine rings is 1. The highest BCUT2D eigenvalue weighted by Gasteiger charge is 2.26. The van der Waals surface area contributed by atoms with Crippen molar-refractivity contribution in [2.24, 2.45) is 5.92 Å². The Morgan fingerprint density at radius 1 is 1.68 bits per heavy atom. The van der Waals surface area contributed by atoms with Gasteiger partial charge >= 0.3 is 0 Å². The fourth-order valence-electron chi connectivity index (χ4n) is 2.35. The van der Waals surface area contributed by atoms with E-state index >= 15 is 0 Å². The number of hydrogen-bond acceptors (Lipinski definition) is 5. The largest absolute Gasteiger partial charge is 0.393 e. The first-order valence-electron chi connectivity index (χ1n) is 6.22. The zero-order valence-corrected chi connectivity index (χ0v) is 12.2. The standard InChI is InChI=1S/C12H16BrN3O3/c1-8(17)9-3-2-4-15(7-9)12-11(13)5-10(6-14-12)16(18)19/h5-6,8-9,17H,2-4,7H2,1H3. The Hall–Kier alpha value is -1.21. The van der Waals surface area contributed by atoms with Crippen LogP contribution in [0.1, 0.15) is 19.8 Å². The van der Waals surface area contributed by atoms with Crippen LogP contribution in [0.2, 0.25) is 0 Å². The van der Waals surface area contributed by atoms with Crippen molar-refractivity contribution in [1.82, 2.24) is 4.98 Å². The Labute approximate surface area is 119 Å². The van der Waals surface area contributed by atoms with Gasteiger partial charge in [0, 0.05) is 25.1 Å². The number of nitro groups is 1. The van der Waals surface area contributed by atoms with Crippen molar-refractivity contribution in [2.75, 3.05) is 18.0 Å². The quantitative estimate of drug-likeness (QED) is 0.680. The lowest BCUT2D eigenvalue weighted by Gasteiger charge is -2.35. The van der Waals surface area contributed by atoms with E-state index in [1.165, 1.54) is 12.3 Å². The number of rotatable bonds is 3. The van der Waals surface area contributed by atoms with Gasteiger partial charge in [-0.05, 0) is 35.7 Å². The topological polar surface area (TPSA) is 79.5 Å². The first-order valence-corrected chi connectivity index (χ1v) is 7.01. The van der Waals surface area contributed by atoms with Gasteiger partial charge in [0.1, 0.15) is 12.0 Å². The summed E-state index contributed by atoms with van der Waals surface area (Å²) < 4.78 is 0.618. The number of aromatic nitrogens is 1. The SMILES string of the molecule is CC(O)C1CCCN(c2ncc([N+](=O)[O-])cc2Br)C1. The van der Waals surface area contributed by atoms with Gasteiger partial charge in [-0.2, -0.15) is 0 Å². The zero-order chi connectivity index (χ0) is 14.0. The molecule has 2 heterocycles. The Morgan fingerprint density at radius 3 is 3.00 bits per heavy atom. The molecule has 0 aromatic carbocycles. The number of halogens is 1. The molecule has 7 heteroatoms. The third kappa shape index (κ3) is 3.22. The van der Waals surface area contributed by atoms with Gasteiger partial charge in [0.2, 0.25) is 0 Å². The minimum absolute atomic E-state index is 0.0280. The van der Waals surface area contributed by atoms with Crippen LogP contribution in [0.3, 0.4) is 0 Å². The second-order valence-electron chi connectivity index (χ2n) is 4.84. The molecule has 19 heavy (non-hydrogen) atoms. The number of aliphatic hydroxyl groups is 1. The lowest BCUT2D eigenvalue weighted by molar-refractivity contribution is -0.385. The molecule has 0 spiro atoms. The molecule has 2 unspecified atom stereocenters. The third-order valence-corrected chi connectivity index (χ3v) is 4.04. The Bertz CT molecular complexity index is 481. The third-order valence-electron chi connectivity index (χ3n) is 3.46. The van der Waals surface area contributed by atoms with Crippen molar-refractivity contribution in [1.29, 1.82) is 0 Å². The fraction of sp³-hybridized carbons (Fsp3) is 0.583. The average Bonchev–Trinajstić information content (AvgIpc) is 2.38. The normalized spacial score (nSPS) is 21.2. The van der Waals surface area contributed by atoms with Crippen LogP contribution in [0.25, 0.3) is 0 Å². The molecule has 0 saturated carbocycles. The van der Waals surface area contributed by atoms with Gasteiger partial charge in [0.05, 0.1) is 15.5 Å². The molecule has 1 aliphatic heterocycles. The number of anilines is 1. The molecular weight excluding hydrogens is 314 g/mol. The molecule has 0 radical (unpaired) electrons. The number of nitrogens with zero attached hydrogens (tertiary/aromatic N) is 3. The van der Waals surface area contributed by atoms with Crippen molar-refractivity contribution in [2.45, 2.75) is 25.9 Å². The van der Waals surface area contributed by atoms with E-state index in [-0.39, 0.29) is 17.7 Å². The Balaban J connectivity index is 2.19. The number of aliphatic hydroxyl groups excluding tert-OH is 1. The molecule has 2 atom stereocenters. The maximum Gasteiger partial charge on any atom is 0.288 e. The van der Waals surface area contributed by atoms with E-state index in [0.717, 1.165) is 25.9 Å². The van der Waals surface area contributed by atoms with Gasteiger partial charge in [-0.15, -0.1) is 0 Å². The van der Waals surface area contributed by atoms with Crippen molar-refractivity contribution in [3.05, 3.63) is 26.9 Å². The van der Waals surface area contributed by atoms with Crippen LogP contribution in [0, 0.1) is 16.0 Å². The van der Waals surface area contributed by atoms with E-state index in [0.29, 0.717) is 10.3 Å². The molecule has 1 aromatic heterocycles. The van der Waals surface area contributed by atoms with E-state index in [4.69, 9.17) is 0 Å². The van der Waals surface area contributed by atoms with Crippen LogP contribution in [-0.2, 0) is 0 Å². The Morgan fingerprint density at radius 2 is 2.42 bits per heavy atom. The Kier molecular flexibility index (Phi) is 4.36. The highest BCUT2D eigenvalue weighted by molar-refractivity contribution is 9.10. The minimum Gasteiger partial charge on any atom is -0.393 e. The molecule has 6 nitrogen and oxygen atoms in total. The van der Waals surface area contributed by atoms with Crippen molar-refractivity contribution >= 4 is 27.4 Å². The van der Waals surface area contributed by atoms with Crippen molar-refractivity contribution in [3.8, 4) is 0 Å².